The zero-order valence-corrected chi connectivity index (χ0v) is 18.2. The molecule has 1 aliphatic carbocycles. The number of ether oxygens (including phenoxy) is 2. The van der Waals surface area contributed by atoms with Gasteiger partial charge in [-0.25, -0.2) is 4.99 Å². The van der Waals surface area contributed by atoms with Crippen molar-refractivity contribution in [1.82, 2.24) is 9.80 Å². The molecule has 2 aromatic rings. The normalized spacial score (nSPS) is 18.4. The van der Waals surface area contributed by atoms with E-state index in [4.69, 9.17) is 9.47 Å². The van der Waals surface area contributed by atoms with Crippen molar-refractivity contribution >= 4 is 17.4 Å². The third-order valence-corrected chi connectivity index (χ3v) is 6.19. The molecule has 33 heavy (non-hydrogen) atoms. The standard InChI is InChI=1S/C24H24F3N3O3/c1-32-17-6-8-20-18(14-17)22(28-19-13-16(24(25,26)27)5-7-21(19)33-20)29-9-2-10-30(12-11-29)23(31)15-3-4-15/h5-8,13-15H,2-4,9-12H2,1H3. The van der Waals surface area contributed by atoms with Gasteiger partial charge in [0.05, 0.1) is 18.2 Å². The van der Waals surface area contributed by atoms with E-state index in [1.54, 1.807) is 25.3 Å². The lowest BCUT2D eigenvalue weighted by Gasteiger charge is -2.25. The van der Waals surface area contributed by atoms with Gasteiger partial charge in [0.1, 0.15) is 23.0 Å². The lowest BCUT2D eigenvalue weighted by molar-refractivity contribution is -0.137. The summed E-state index contributed by atoms with van der Waals surface area (Å²) in [7, 11) is 1.55. The van der Waals surface area contributed by atoms with Gasteiger partial charge in [-0.3, -0.25) is 4.79 Å². The van der Waals surface area contributed by atoms with E-state index in [-0.39, 0.29) is 23.3 Å². The molecule has 0 aromatic heterocycles. The summed E-state index contributed by atoms with van der Waals surface area (Å²) in [5, 5.41) is 0. The Hall–Kier alpha value is -3.23. The predicted molar refractivity (Wildman–Crippen MR) is 116 cm³/mol. The molecule has 0 atom stereocenters. The van der Waals surface area contributed by atoms with Crippen LogP contribution in [0, 0.1) is 5.92 Å². The van der Waals surface area contributed by atoms with Crippen LogP contribution in [0.2, 0.25) is 0 Å². The molecule has 0 N–H and O–H groups in total. The number of amidine groups is 1. The molecule has 2 heterocycles. The van der Waals surface area contributed by atoms with Crippen LogP contribution in [0.4, 0.5) is 18.9 Å². The van der Waals surface area contributed by atoms with Gasteiger partial charge < -0.3 is 19.3 Å². The molecule has 0 spiro atoms. The molecule has 1 saturated heterocycles. The number of rotatable bonds is 2. The van der Waals surface area contributed by atoms with Gasteiger partial charge in [-0.15, -0.1) is 0 Å². The van der Waals surface area contributed by atoms with Crippen LogP contribution in [-0.2, 0) is 11.0 Å². The highest BCUT2D eigenvalue weighted by Crippen LogP contribution is 2.42. The van der Waals surface area contributed by atoms with Gasteiger partial charge in [0.25, 0.3) is 0 Å². The molecular weight excluding hydrogens is 435 g/mol. The second-order valence-electron chi connectivity index (χ2n) is 8.52. The Balaban J connectivity index is 1.54. The van der Waals surface area contributed by atoms with Gasteiger partial charge >= 0.3 is 6.18 Å². The summed E-state index contributed by atoms with van der Waals surface area (Å²) in [6.45, 7) is 2.36. The number of methoxy groups -OCH3 is 1. The van der Waals surface area contributed by atoms with Gasteiger partial charge in [-0.2, -0.15) is 13.2 Å². The van der Waals surface area contributed by atoms with Gasteiger partial charge in [-0.1, -0.05) is 0 Å². The summed E-state index contributed by atoms with van der Waals surface area (Å²) in [5.74, 6) is 2.20. The molecule has 2 fully saturated rings. The van der Waals surface area contributed by atoms with Crippen LogP contribution in [0.1, 0.15) is 30.4 Å². The first-order valence-corrected chi connectivity index (χ1v) is 11.0. The Kier molecular flexibility index (Phi) is 5.42. The number of hydrogen-bond donors (Lipinski definition) is 0. The quantitative estimate of drug-likeness (QED) is 0.645. The van der Waals surface area contributed by atoms with Gasteiger partial charge in [-0.05, 0) is 55.7 Å². The van der Waals surface area contributed by atoms with E-state index < -0.39 is 11.7 Å². The average molecular weight is 459 g/mol. The average Bonchev–Trinajstić information content (AvgIpc) is 3.65. The molecule has 6 nitrogen and oxygen atoms in total. The predicted octanol–water partition coefficient (Wildman–Crippen LogP) is 4.84. The minimum absolute atomic E-state index is 0.116. The van der Waals surface area contributed by atoms with Crippen molar-refractivity contribution < 1.29 is 27.4 Å². The monoisotopic (exact) mass is 459 g/mol. The highest BCUT2D eigenvalue weighted by atomic mass is 19.4. The SMILES string of the molecule is COc1ccc2c(c1)C(N1CCCN(C(=O)C3CC3)CC1)=Nc1cc(C(F)(F)F)ccc1O2. The van der Waals surface area contributed by atoms with Crippen LogP contribution in [0.3, 0.4) is 0 Å². The van der Waals surface area contributed by atoms with Crippen molar-refractivity contribution in [2.24, 2.45) is 10.9 Å². The Labute approximate surface area is 189 Å². The Morgan fingerprint density at radius 1 is 1.06 bits per heavy atom. The first kappa shape index (κ1) is 21.6. The van der Waals surface area contributed by atoms with Crippen molar-refractivity contribution in [2.45, 2.75) is 25.4 Å². The van der Waals surface area contributed by atoms with Gasteiger partial charge in [0, 0.05) is 32.1 Å². The van der Waals surface area contributed by atoms with E-state index in [9.17, 15) is 18.0 Å². The zero-order valence-electron chi connectivity index (χ0n) is 18.2. The fraction of sp³-hybridized carbons (Fsp3) is 0.417. The maximum atomic E-state index is 13.4. The third-order valence-electron chi connectivity index (χ3n) is 6.19. The molecule has 0 radical (unpaired) electrons. The molecule has 0 bridgehead atoms. The highest BCUT2D eigenvalue weighted by Gasteiger charge is 2.35. The number of aliphatic imine (C=N–C) groups is 1. The third kappa shape index (κ3) is 4.36. The lowest BCUT2D eigenvalue weighted by atomic mass is 10.1. The summed E-state index contributed by atoms with van der Waals surface area (Å²) >= 11 is 0. The highest BCUT2D eigenvalue weighted by molar-refractivity contribution is 6.04. The van der Waals surface area contributed by atoms with Crippen LogP contribution in [0.25, 0.3) is 0 Å². The minimum Gasteiger partial charge on any atom is -0.497 e. The molecule has 9 heteroatoms. The van der Waals surface area contributed by atoms with E-state index in [0.717, 1.165) is 31.4 Å². The Bertz CT molecular complexity index is 1110. The van der Waals surface area contributed by atoms with Crippen LogP contribution in [0.15, 0.2) is 41.4 Å². The molecule has 5 rings (SSSR count). The molecule has 2 aromatic carbocycles. The molecule has 0 unspecified atom stereocenters. The minimum atomic E-state index is -4.49. The molecule has 2 aliphatic heterocycles. The number of halogens is 3. The zero-order chi connectivity index (χ0) is 23.2. The summed E-state index contributed by atoms with van der Waals surface area (Å²) < 4.78 is 51.5. The first-order chi connectivity index (χ1) is 15.8. The van der Waals surface area contributed by atoms with Crippen molar-refractivity contribution in [3.63, 3.8) is 0 Å². The van der Waals surface area contributed by atoms with E-state index in [2.05, 4.69) is 4.99 Å². The van der Waals surface area contributed by atoms with Crippen molar-refractivity contribution in [2.75, 3.05) is 33.3 Å². The number of carbonyl (C=O) groups excluding carboxylic acids is 1. The van der Waals surface area contributed by atoms with Gasteiger partial charge in [0.15, 0.2) is 5.75 Å². The Morgan fingerprint density at radius 2 is 1.85 bits per heavy atom. The molecular formula is C24H24F3N3O3. The number of alkyl halides is 3. The van der Waals surface area contributed by atoms with Crippen LogP contribution < -0.4 is 9.47 Å². The maximum absolute atomic E-state index is 13.4. The van der Waals surface area contributed by atoms with E-state index in [1.165, 1.54) is 6.07 Å². The second-order valence-corrected chi connectivity index (χ2v) is 8.52. The molecule has 1 amide bonds. The van der Waals surface area contributed by atoms with Gasteiger partial charge in [0.2, 0.25) is 5.91 Å². The number of benzene rings is 2. The summed E-state index contributed by atoms with van der Waals surface area (Å²) in [6, 6.07) is 8.57. The number of carbonyl (C=O) groups is 1. The number of nitrogens with zero attached hydrogens (tertiary/aromatic N) is 3. The lowest BCUT2D eigenvalue weighted by Crippen LogP contribution is -2.38. The van der Waals surface area contributed by atoms with Crippen LogP contribution in [0.5, 0.6) is 17.2 Å². The number of fused-ring (bicyclic) bond motifs is 2. The summed E-state index contributed by atoms with van der Waals surface area (Å²) in [5.41, 5.74) is -0.0280. The van der Waals surface area contributed by atoms with Crippen molar-refractivity contribution in [1.29, 1.82) is 0 Å². The Morgan fingerprint density at radius 3 is 2.58 bits per heavy atom. The largest absolute Gasteiger partial charge is 0.497 e. The van der Waals surface area contributed by atoms with E-state index in [0.29, 0.717) is 49.1 Å². The topological polar surface area (TPSA) is 54.4 Å². The van der Waals surface area contributed by atoms with E-state index >= 15 is 0 Å². The first-order valence-electron chi connectivity index (χ1n) is 11.0. The van der Waals surface area contributed by atoms with Crippen LogP contribution >= 0.6 is 0 Å². The smallest absolute Gasteiger partial charge is 0.416 e. The molecule has 174 valence electrons. The molecule has 1 saturated carbocycles. The van der Waals surface area contributed by atoms with Crippen molar-refractivity contribution in [3.05, 3.63) is 47.5 Å². The van der Waals surface area contributed by atoms with E-state index in [1.807, 2.05) is 9.80 Å². The van der Waals surface area contributed by atoms with Crippen molar-refractivity contribution in [3.8, 4) is 17.2 Å². The second kappa shape index (κ2) is 8.28. The number of amides is 1. The number of hydrogen-bond acceptors (Lipinski definition) is 5. The molecule has 3 aliphatic rings. The fourth-order valence-electron chi connectivity index (χ4n) is 4.24. The maximum Gasteiger partial charge on any atom is 0.416 e. The van der Waals surface area contributed by atoms with Crippen LogP contribution in [-0.4, -0.2) is 54.8 Å². The summed E-state index contributed by atoms with van der Waals surface area (Å²) in [6.07, 6.45) is -1.84. The fourth-order valence-corrected chi connectivity index (χ4v) is 4.24. The summed E-state index contributed by atoms with van der Waals surface area (Å²) in [4.78, 5) is 21.2.